The van der Waals surface area contributed by atoms with Crippen LogP contribution in [0.5, 0.6) is 0 Å². The Labute approximate surface area is 57.9 Å². The van der Waals surface area contributed by atoms with E-state index < -0.39 is 0 Å². The van der Waals surface area contributed by atoms with Gasteiger partial charge in [0, 0.05) is 17.0 Å². The molecule has 0 saturated carbocycles. The van der Waals surface area contributed by atoms with Gasteiger partial charge < -0.3 is 4.51 Å². The van der Waals surface area contributed by atoms with Crippen molar-refractivity contribution < 1.29 is 4.84 Å². The normalized spacial score (nSPS) is 12.1. The Kier molecular flexibility index (Phi) is 3.39. The predicted molar refractivity (Wildman–Crippen MR) is 42.8 cm³/mol. The van der Waals surface area contributed by atoms with Crippen LogP contribution in [0.15, 0.2) is 0 Å². The van der Waals surface area contributed by atoms with E-state index in [9.17, 15) is 0 Å². The van der Waals surface area contributed by atoms with Crippen molar-refractivity contribution in [3.05, 3.63) is 0 Å². The molecule has 0 fully saturated rings. The molecular formula is C2H8N3OP3. The zero-order chi connectivity index (χ0) is 6.53. The summed E-state index contributed by atoms with van der Waals surface area (Å²) in [5, 5.41) is 0. The highest BCUT2D eigenvalue weighted by atomic mass is 31.1. The van der Waals surface area contributed by atoms with Gasteiger partial charge in [-0.05, 0) is 6.92 Å². The summed E-state index contributed by atoms with van der Waals surface area (Å²) in [7, 11) is 2.05. The first-order valence-corrected chi connectivity index (χ1v) is 5.22. The minimum absolute atomic E-state index is 0.545. The SMILES string of the molecule is CCOn1pn[pH][nH][pH]1. The van der Waals surface area contributed by atoms with Gasteiger partial charge in [0.15, 0.2) is 8.51 Å². The van der Waals surface area contributed by atoms with Gasteiger partial charge in [0.25, 0.3) is 0 Å². The summed E-state index contributed by atoms with van der Waals surface area (Å²) < 4.78 is 8.98. The van der Waals surface area contributed by atoms with Crippen molar-refractivity contribution in [1.82, 2.24) is 13.3 Å². The minimum atomic E-state index is 0.545. The van der Waals surface area contributed by atoms with Gasteiger partial charge >= 0.3 is 0 Å². The van der Waals surface area contributed by atoms with Crippen molar-refractivity contribution in [3.8, 4) is 0 Å². The smallest absolute Gasteiger partial charge is 0.169 e. The molecule has 9 heavy (non-hydrogen) atoms. The fraction of sp³-hybridized carbons (Fsp3) is 1.00. The molecule has 0 aliphatic carbocycles. The molecule has 1 heterocycles. The van der Waals surface area contributed by atoms with Gasteiger partial charge in [0.05, 0.1) is 6.61 Å². The third kappa shape index (κ3) is 2.55. The zero-order valence-electron chi connectivity index (χ0n) is 4.96. The van der Waals surface area contributed by atoms with Crippen LogP contribution < -0.4 is 4.84 Å². The van der Waals surface area contributed by atoms with E-state index in [1.165, 1.54) is 0 Å². The van der Waals surface area contributed by atoms with Crippen molar-refractivity contribution in [2.75, 3.05) is 6.61 Å². The third-order valence-corrected chi connectivity index (χ3v) is 3.45. The van der Waals surface area contributed by atoms with Gasteiger partial charge in [-0.3, -0.25) is 4.84 Å². The van der Waals surface area contributed by atoms with Crippen molar-refractivity contribution >= 4 is 25.5 Å². The topological polar surface area (TPSA) is 42.8 Å². The second-order valence-electron chi connectivity index (χ2n) is 1.23. The monoisotopic (exact) mass is 183 g/mol. The van der Waals surface area contributed by atoms with E-state index in [2.05, 4.69) is 9.02 Å². The maximum absolute atomic E-state index is 5.16. The second-order valence-corrected chi connectivity index (χ2v) is 4.80. The first-order chi connectivity index (χ1) is 4.43. The lowest BCUT2D eigenvalue weighted by molar-refractivity contribution is 0.170. The molecule has 7 heteroatoms. The number of H-pyrrole nitrogens is 1. The predicted octanol–water partition coefficient (Wildman–Crippen LogP) is 1.43. The van der Waals surface area contributed by atoms with Crippen molar-refractivity contribution in [2.24, 2.45) is 0 Å². The van der Waals surface area contributed by atoms with Gasteiger partial charge in [0.2, 0.25) is 0 Å². The van der Waals surface area contributed by atoms with E-state index in [1.807, 2.05) is 6.92 Å². The number of hydrogen-bond donors (Lipinski definition) is 1. The molecular weight excluding hydrogens is 175 g/mol. The highest BCUT2D eigenvalue weighted by molar-refractivity contribution is 7.44. The Morgan fingerprint density at radius 3 is 3.33 bits per heavy atom. The fourth-order valence-corrected chi connectivity index (χ4v) is 3.49. The Morgan fingerprint density at radius 1 is 1.89 bits per heavy atom. The van der Waals surface area contributed by atoms with Crippen LogP contribution in [0.2, 0.25) is 0 Å². The van der Waals surface area contributed by atoms with E-state index in [0.29, 0.717) is 17.0 Å². The lowest BCUT2D eigenvalue weighted by atomic mass is 10.9. The van der Waals surface area contributed by atoms with Gasteiger partial charge in [-0.1, -0.05) is 0 Å². The Morgan fingerprint density at radius 2 is 2.78 bits per heavy atom. The van der Waals surface area contributed by atoms with E-state index in [4.69, 9.17) is 4.84 Å². The van der Waals surface area contributed by atoms with E-state index in [0.717, 1.165) is 15.1 Å². The first-order valence-electron chi connectivity index (χ1n) is 2.53. The molecule has 0 amide bonds. The Balaban J connectivity index is 2.61. The average molecular weight is 183 g/mol. The number of aromatic amines is 1. The molecule has 1 aromatic heterocycles. The molecule has 0 aliphatic rings. The molecule has 0 bridgehead atoms. The van der Waals surface area contributed by atoms with Crippen LogP contribution in [-0.2, 0) is 0 Å². The quantitative estimate of drug-likeness (QED) is 0.753. The summed E-state index contributed by atoms with van der Waals surface area (Å²) in [4.78, 5) is 5.16. The highest BCUT2D eigenvalue weighted by Crippen LogP contribution is 2.08. The number of nitrogens with zero attached hydrogens (tertiary/aromatic N) is 2. The minimum Gasteiger partial charge on any atom is -0.311 e. The van der Waals surface area contributed by atoms with Crippen LogP contribution >= 0.6 is 25.5 Å². The van der Waals surface area contributed by atoms with Crippen LogP contribution in [0.25, 0.3) is 0 Å². The number of nitrogens with one attached hydrogen (secondary N) is 1. The van der Waals surface area contributed by atoms with Crippen LogP contribution in [0.3, 0.4) is 0 Å². The summed E-state index contributed by atoms with van der Waals surface area (Å²) >= 11 is 0. The highest BCUT2D eigenvalue weighted by Gasteiger charge is 1.80. The van der Waals surface area contributed by atoms with Gasteiger partial charge in [-0.15, -0.1) is 0 Å². The molecule has 0 aliphatic heterocycles. The molecule has 1 N–H and O–H groups in total. The van der Waals surface area contributed by atoms with Crippen LogP contribution in [0.4, 0.5) is 0 Å². The van der Waals surface area contributed by atoms with E-state index in [1.54, 1.807) is 4.26 Å². The molecule has 1 rings (SSSR count). The molecule has 0 radical (unpaired) electrons. The van der Waals surface area contributed by atoms with Crippen LogP contribution in [-0.4, -0.2) is 19.9 Å². The van der Waals surface area contributed by atoms with Crippen molar-refractivity contribution in [1.29, 1.82) is 0 Å². The standard InChI is InChI=1S/C2H8N3OP3/c1-2-6-5-8-3-7-4-9-5/h3,7-8H,2H2,1H3. The molecule has 0 aromatic carbocycles. The van der Waals surface area contributed by atoms with Crippen LogP contribution in [0.1, 0.15) is 6.92 Å². The molecule has 52 valence electrons. The lowest BCUT2D eigenvalue weighted by Crippen LogP contribution is -2.03. The molecule has 0 saturated heterocycles. The number of rotatable bonds is 2. The summed E-state index contributed by atoms with van der Waals surface area (Å²) in [6, 6.07) is 0. The average Bonchev–Trinajstić information content (AvgIpc) is 1.91. The van der Waals surface area contributed by atoms with Gasteiger partial charge in [-0.25, -0.2) is 0 Å². The summed E-state index contributed by atoms with van der Waals surface area (Å²) in [5.74, 6) is 0. The maximum atomic E-state index is 5.16. The maximum Gasteiger partial charge on any atom is 0.169 e. The van der Waals surface area contributed by atoms with E-state index >= 15 is 0 Å². The van der Waals surface area contributed by atoms with Crippen molar-refractivity contribution in [2.45, 2.75) is 6.92 Å². The number of aromatic nitrogens is 3. The Hall–Kier alpha value is 0.260. The molecule has 1 aromatic rings. The third-order valence-electron chi connectivity index (χ3n) is 0.635. The summed E-state index contributed by atoms with van der Waals surface area (Å²) in [6.07, 6.45) is 0. The van der Waals surface area contributed by atoms with Gasteiger partial charge in [0.1, 0.15) is 0 Å². The van der Waals surface area contributed by atoms with Gasteiger partial charge in [-0.2, -0.15) is 8.76 Å². The molecule has 2 unspecified atom stereocenters. The second kappa shape index (κ2) is 4.14. The van der Waals surface area contributed by atoms with E-state index in [-0.39, 0.29) is 0 Å². The largest absolute Gasteiger partial charge is 0.311 e. The van der Waals surface area contributed by atoms with Crippen LogP contribution in [0, 0.1) is 0 Å². The summed E-state index contributed by atoms with van der Waals surface area (Å²) in [6.45, 7) is 2.69. The fourth-order valence-electron chi connectivity index (χ4n) is 0.364. The molecule has 0 spiro atoms. The van der Waals surface area contributed by atoms with Crippen molar-refractivity contribution in [3.63, 3.8) is 0 Å². The summed E-state index contributed by atoms with van der Waals surface area (Å²) in [5.41, 5.74) is 0. The molecule has 2 atom stereocenters. The molecule has 4 nitrogen and oxygen atoms in total. The number of hydrogen-bond acceptors (Lipinski definition) is 2. The zero-order valence-corrected chi connectivity index (χ0v) is 7.85. The first kappa shape index (κ1) is 7.37. The lowest BCUT2D eigenvalue weighted by Gasteiger charge is -1.99. The Bertz CT molecular complexity index is 170.